The van der Waals surface area contributed by atoms with Crippen molar-refractivity contribution >= 4 is 35.5 Å². The zero-order valence-corrected chi connectivity index (χ0v) is 39.0. The van der Waals surface area contributed by atoms with Crippen LogP contribution in [0.5, 0.6) is 17.2 Å². The molecule has 364 valence electrons. The summed E-state index contributed by atoms with van der Waals surface area (Å²) in [5.74, 6) is -3.96. The van der Waals surface area contributed by atoms with Crippen LogP contribution in [0.2, 0.25) is 0 Å². The Kier molecular flexibility index (Phi) is 23.6. The number of unbranched alkanes of at least 4 members (excludes halogenated alkanes) is 5. The van der Waals surface area contributed by atoms with E-state index in [2.05, 4.69) is 28.2 Å². The van der Waals surface area contributed by atoms with E-state index >= 15 is 0 Å². The van der Waals surface area contributed by atoms with Crippen molar-refractivity contribution in [3.8, 4) is 34.4 Å². The molecule has 3 aromatic carbocycles. The van der Waals surface area contributed by atoms with E-state index in [1.807, 2.05) is 13.0 Å². The molecule has 2 unspecified atom stereocenters. The molecule has 4 rings (SSSR count). The molecule has 19 nitrogen and oxygen atoms in total. The summed E-state index contributed by atoms with van der Waals surface area (Å²) in [5.41, 5.74) is 19.2. The van der Waals surface area contributed by atoms with Gasteiger partial charge >= 0.3 is 5.97 Å². The quantitative estimate of drug-likeness (QED) is 0.0531. The van der Waals surface area contributed by atoms with Gasteiger partial charge in [0.1, 0.15) is 55.1 Å². The molecule has 4 bridgehead atoms. The van der Waals surface area contributed by atoms with Crippen LogP contribution in [-0.2, 0) is 36.8 Å². The summed E-state index contributed by atoms with van der Waals surface area (Å²) in [5, 5.41) is 28.9. The van der Waals surface area contributed by atoms with Crippen molar-refractivity contribution in [3.05, 3.63) is 76.9 Å². The molecule has 0 radical (unpaired) electrons. The third-order valence-electron chi connectivity index (χ3n) is 10.5. The highest BCUT2D eigenvalue weighted by atomic mass is 16.5. The maximum absolute atomic E-state index is 14.4. The molecule has 0 fully saturated rings. The summed E-state index contributed by atoms with van der Waals surface area (Å²) >= 11 is 0. The van der Waals surface area contributed by atoms with Crippen molar-refractivity contribution in [2.45, 2.75) is 90.3 Å². The Hall–Kier alpha value is -6.75. The Morgan fingerprint density at radius 2 is 1.46 bits per heavy atom. The number of carbonyl (C=O) groups is 6. The molecule has 0 spiro atoms. The molecule has 67 heavy (non-hydrogen) atoms. The standard InChI is InChI=1S/C46H60N8O10.C2H7N/c1-4-5-6-7-8-9-10-30-11-14-33(39(25-30)64-28-41(56)57)44(59)51-27-40(55)54(3)42-32-13-16-38(63-22-19-49)35(26-32)34-23-31(12-15-37(34)62-21-18-48)24-36(45(60)50-20-17-47)53-43(58)29(2)52-46(42)61;1-2-3/h11-16,23,25-26,29,36,42H,4-10,18-22,24,27-28,48-49H2,1-3H3,(H,50,60)(H,51,59)(H,52,61)(H,53,58)(H,56,57);2-3H2,1H3/t29-,36?,42?;/m0./s1. The summed E-state index contributed by atoms with van der Waals surface area (Å²) in [7, 11) is 1.37. The molecule has 0 saturated heterocycles. The highest BCUT2D eigenvalue weighted by Crippen LogP contribution is 2.40. The van der Waals surface area contributed by atoms with Crippen molar-refractivity contribution in [1.82, 2.24) is 26.2 Å². The van der Waals surface area contributed by atoms with Gasteiger partial charge in [0.15, 0.2) is 6.61 Å². The number of likely N-dealkylation sites (N-methyl/N-ethyl adjacent to an activating group) is 1. The van der Waals surface area contributed by atoms with Gasteiger partial charge in [0, 0.05) is 37.7 Å². The molecule has 3 aromatic rings. The van der Waals surface area contributed by atoms with Crippen LogP contribution < -0.4 is 52.7 Å². The van der Waals surface area contributed by atoms with E-state index in [1.165, 1.54) is 26.5 Å². The number of carbonyl (C=O) groups excluding carboxylic acids is 5. The van der Waals surface area contributed by atoms with E-state index in [9.17, 15) is 33.9 Å². The Balaban J connectivity index is 0.00000386. The van der Waals surface area contributed by atoms with Crippen molar-refractivity contribution in [3.63, 3.8) is 0 Å². The van der Waals surface area contributed by atoms with Gasteiger partial charge in [0.25, 0.3) is 5.91 Å². The van der Waals surface area contributed by atoms with E-state index in [4.69, 9.17) is 36.7 Å². The van der Waals surface area contributed by atoms with E-state index < -0.39 is 66.8 Å². The molecule has 1 heterocycles. The highest BCUT2D eigenvalue weighted by molar-refractivity contribution is 6.00. The monoisotopic (exact) mass is 930 g/mol. The van der Waals surface area contributed by atoms with Crippen LogP contribution in [0.3, 0.4) is 0 Å². The SMILES string of the molecule is CCCCCCCCc1ccc(C(=O)NCC(=O)N(C)C2C(=O)N[C@@H](C)C(=O)NC(C(=O)NCC#N)Cc3ccc(OCCN)c(c3)-c3cc2ccc3OCCN)c(OCC(=O)O)c1.CCN. The first-order valence-corrected chi connectivity index (χ1v) is 22.6. The second-order valence-corrected chi connectivity index (χ2v) is 15.8. The maximum Gasteiger partial charge on any atom is 0.341 e. The molecular weight excluding hydrogens is 863 g/mol. The summed E-state index contributed by atoms with van der Waals surface area (Å²) in [6, 6.07) is 13.0. The number of nitrogens with one attached hydrogen (secondary N) is 4. The molecule has 1 aliphatic heterocycles. The lowest BCUT2D eigenvalue weighted by molar-refractivity contribution is -0.139. The largest absolute Gasteiger partial charge is 0.492 e. The number of rotatable bonds is 22. The molecule has 0 aliphatic carbocycles. The van der Waals surface area contributed by atoms with Gasteiger partial charge in [-0.15, -0.1) is 0 Å². The summed E-state index contributed by atoms with van der Waals surface area (Å²) in [6.07, 6.45) is 7.23. The zero-order chi connectivity index (χ0) is 49.3. The molecule has 19 heteroatoms. The van der Waals surface area contributed by atoms with Gasteiger partial charge in [-0.05, 0) is 79.4 Å². The number of amides is 5. The Labute approximate surface area is 392 Å². The van der Waals surface area contributed by atoms with Crippen molar-refractivity contribution in [2.75, 3.05) is 59.6 Å². The fourth-order valence-corrected chi connectivity index (χ4v) is 7.13. The number of nitrogens with two attached hydrogens (primary N) is 3. The fraction of sp³-hybridized carbons (Fsp3) is 0.479. The minimum atomic E-state index is -1.40. The number of carboxylic acids is 1. The Morgan fingerprint density at radius 1 is 0.821 bits per heavy atom. The first-order valence-electron chi connectivity index (χ1n) is 22.6. The number of fused-ring (bicyclic) bond motifs is 5. The van der Waals surface area contributed by atoms with Crippen LogP contribution in [0.4, 0.5) is 0 Å². The van der Waals surface area contributed by atoms with Gasteiger partial charge in [-0.3, -0.25) is 24.0 Å². The third-order valence-corrected chi connectivity index (χ3v) is 10.5. The number of aliphatic carboxylic acids is 1. The number of hydrogen-bond acceptors (Lipinski definition) is 13. The lowest BCUT2D eigenvalue weighted by Crippen LogP contribution is -2.55. The van der Waals surface area contributed by atoms with Gasteiger partial charge in [-0.1, -0.05) is 64.2 Å². The van der Waals surface area contributed by atoms with Crippen LogP contribution >= 0.6 is 0 Å². The lowest BCUT2D eigenvalue weighted by Gasteiger charge is -2.30. The first kappa shape index (κ1) is 54.6. The number of benzene rings is 3. The third kappa shape index (κ3) is 17.2. The van der Waals surface area contributed by atoms with E-state index in [1.54, 1.807) is 48.5 Å². The van der Waals surface area contributed by atoms with Gasteiger partial charge < -0.3 is 62.7 Å². The van der Waals surface area contributed by atoms with Crippen LogP contribution in [-0.4, -0.2) is 117 Å². The predicted octanol–water partition coefficient (Wildman–Crippen LogP) is 2.47. The number of aryl methyl sites for hydroxylation is 1. The summed E-state index contributed by atoms with van der Waals surface area (Å²) in [4.78, 5) is 81.4. The van der Waals surface area contributed by atoms with E-state index in [0.717, 1.165) is 49.1 Å². The summed E-state index contributed by atoms with van der Waals surface area (Å²) in [6.45, 7) is 5.28. The highest BCUT2D eigenvalue weighted by Gasteiger charge is 2.34. The van der Waals surface area contributed by atoms with Gasteiger partial charge in [-0.25, -0.2) is 4.79 Å². The van der Waals surface area contributed by atoms with Crippen LogP contribution in [0.1, 0.15) is 92.4 Å². The molecular formula is C48H67N9O10. The molecule has 0 saturated carbocycles. The fourth-order valence-electron chi connectivity index (χ4n) is 7.13. The predicted molar refractivity (Wildman–Crippen MR) is 252 cm³/mol. The Bertz CT molecular complexity index is 2180. The maximum atomic E-state index is 14.4. The van der Waals surface area contributed by atoms with Crippen molar-refractivity contribution < 1.29 is 48.1 Å². The second-order valence-electron chi connectivity index (χ2n) is 15.8. The van der Waals surface area contributed by atoms with Crippen LogP contribution in [0.15, 0.2) is 54.6 Å². The minimum Gasteiger partial charge on any atom is -0.492 e. The summed E-state index contributed by atoms with van der Waals surface area (Å²) < 4.78 is 17.6. The molecule has 0 aromatic heterocycles. The number of carboxylic acid groups (broad SMARTS) is 1. The van der Waals surface area contributed by atoms with Crippen LogP contribution in [0, 0.1) is 11.3 Å². The smallest absolute Gasteiger partial charge is 0.341 e. The van der Waals surface area contributed by atoms with Crippen molar-refractivity contribution in [1.29, 1.82) is 5.26 Å². The Morgan fingerprint density at radius 3 is 2.10 bits per heavy atom. The number of ether oxygens (including phenoxy) is 3. The van der Waals surface area contributed by atoms with E-state index in [0.29, 0.717) is 40.2 Å². The van der Waals surface area contributed by atoms with Gasteiger partial charge in [-0.2, -0.15) is 5.26 Å². The first-order chi connectivity index (χ1) is 32.2. The molecule has 5 amide bonds. The van der Waals surface area contributed by atoms with Gasteiger partial charge in [0.05, 0.1) is 18.2 Å². The molecule has 11 N–H and O–H groups in total. The van der Waals surface area contributed by atoms with E-state index in [-0.39, 0.29) is 50.6 Å². The molecule has 3 atom stereocenters. The number of nitriles is 1. The normalized spacial score (nSPS) is 15.5. The number of nitrogens with zero attached hydrogens (tertiary/aromatic N) is 2. The second kappa shape index (κ2) is 29.0. The average molecular weight is 930 g/mol. The molecule has 1 aliphatic rings. The number of hydrogen-bond donors (Lipinski definition) is 8. The average Bonchev–Trinajstić information content (AvgIpc) is 3.31. The minimum absolute atomic E-state index is 0.00534. The zero-order valence-electron chi connectivity index (χ0n) is 39.0. The van der Waals surface area contributed by atoms with Crippen LogP contribution in [0.25, 0.3) is 11.1 Å². The van der Waals surface area contributed by atoms with Crippen molar-refractivity contribution in [2.24, 2.45) is 17.2 Å². The lowest BCUT2D eigenvalue weighted by atomic mass is 9.93. The topological polar surface area (TPSA) is 304 Å². The van der Waals surface area contributed by atoms with Gasteiger partial charge in [0.2, 0.25) is 23.6 Å².